The van der Waals surface area contributed by atoms with Gasteiger partial charge in [-0.3, -0.25) is 14.9 Å². The first kappa shape index (κ1) is 19.5. The molecule has 0 fully saturated rings. The van der Waals surface area contributed by atoms with E-state index in [4.69, 9.17) is 5.11 Å². The molecular weight excluding hydrogens is 360 g/mol. The molecule has 0 heterocycles. The maximum atomic E-state index is 12.4. The number of aliphatic carboxylic acids is 1. The van der Waals surface area contributed by atoms with E-state index < -0.39 is 32.9 Å². The summed E-state index contributed by atoms with van der Waals surface area (Å²) >= 11 is 0. The summed E-state index contributed by atoms with van der Waals surface area (Å²) < 4.78 is 26.9. The van der Waals surface area contributed by atoms with Crippen LogP contribution in [-0.4, -0.2) is 30.5 Å². The lowest BCUT2D eigenvalue weighted by molar-refractivity contribution is -0.384. The van der Waals surface area contributed by atoms with Crippen LogP contribution in [0, 0.1) is 16.0 Å². The Bertz CT molecular complexity index is 905. The van der Waals surface area contributed by atoms with Gasteiger partial charge in [0.05, 0.1) is 9.82 Å². The van der Waals surface area contributed by atoms with Crippen molar-refractivity contribution < 1.29 is 23.2 Å². The lowest BCUT2D eigenvalue weighted by atomic mass is 10.1. The molecule has 2 N–H and O–H groups in total. The Morgan fingerprint density at radius 2 is 1.50 bits per heavy atom. The fraction of sp³-hybridized carbons (Fsp3) is 0.235. The average molecular weight is 378 g/mol. The fourth-order valence-electron chi connectivity index (χ4n) is 2.31. The normalized spacial score (nSPS) is 12.7. The van der Waals surface area contributed by atoms with Crippen LogP contribution in [0.3, 0.4) is 0 Å². The van der Waals surface area contributed by atoms with Crippen molar-refractivity contribution in [3.63, 3.8) is 0 Å². The highest BCUT2D eigenvalue weighted by atomic mass is 32.2. The van der Waals surface area contributed by atoms with E-state index in [0.29, 0.717) is 11.1 Å². The van der Waals surface area contributed by atoms with Crippen LogP contribution in [0.1, 0.15) is 13.8 Å². The monoisotopic (exact) mass is 378 g/mol. The number of carbonyl (C=O) groups is 1. The van der Waals surface area contributed by atoms with E-state index in [2.05, 4.69) is 4.72 Å². The summed E-state index contributed by atoms with van der Waals surface area (Å²) in [6, 6.07) is 10.5. The fourth-order valence-corrected chi connectivity index (χ4v) is 3.65. The van der Waals surface area contributed by atoms with Crippen molar-refractivity contribution in [2.75, 3.05) is 0 Å². The van der Waals surface area contributed by atoms with Gasteiger partial charge in [-0.1, -0.05) is 26.0 Å². The molecule has 2 rings (SSSR count). The maximum Gasteiger partial charge on any atom is 0.322 e. The molecule has 0 aliphatic rings. The smallest absolute Gasteiger partial charge is 0.322 e. The molecule has 0 aromatic heterocycles. The van der Waals surface area contributed by atoms with E-state index >= 15 is 0 Å². The first-order chi connectivity index (χ1) is 12.1. The summed E-state index contributed by atoms with van der Waals surface area (Å²) in [5, 5.41) is 19.8. The van der Waals surface area contributed by atoms with Gasteiger partial charge in [0.2, 0.25) is 10.0 Å². The molecule has 0 aliphatic heterocycles. The number of nitrogens with one attached hydrogen (secondary N) is 1. The third-order valence-electron chi connectivity index (χ3n) is 3.79. The first-order valence-electron chi connectivity index (χ1n) is 7.72. The summed E-state index contributed by atoms with van der Waals surface area (Å²) in [7, 11) is -3.99. The number of carboxylic acid groups (broad SMARTS) is 1. The number of carboxylic acids is 1. The van der Waals surface area contributed by atoms with E-state index in [0.717, 1.165) is 0 Å². The van der Waals surface area contributed by atoms with Crippen molar-refractivity contribution in [1.29, 1.82) is 0 Å². The molecule has 0 saturated heterocycles. The molecule has 0 amide bonds. The van der Waals surface area contributed by atoms with Gasteiger partial charge in [0.25, 0.3) is 5.69 Å². The molecular formula is C17H18N2O6S. The molecule has 0 spiro atoms. The van der Waals surface area contributed by atoms with E-state index in [-0.39, 0.29) is 10.6 Å². The molecule has 138 valence electrons. The second-order valence-electron chi connectivity index (χ2n) is 6.01. The maximum absolute atomic E-state index is 12.4. The molecule has 0 radical (unpaired) electrons. The molecule has 1 atom stereocenters. The summed E-state index contributed by atoms with van der Waals surface area (Å²) in [6.07, 6.45) is 0. The molecule has 9 heteroatoms. The first-order valence-corrected chi connectivity index (χ1v) is 9.20. The number of nitro groups is 1. The number of benzene rings is 2. The van der Waals surface area contributed by atoms with Crippen LogP contribution in [0.25, 0.3) is 11.1 Å². The molecule has 0 saturated carbocycles. The van der Waals surface area contributed by atoms with Crippen LogP contribution in [0.4, 0.5) is 5.69 Å². The predicted octanol–water partition coefficient (Wildman–Crippen LogP) is 2.65. The summed E-state index contributed by atoms with van der Waals surface area (Å²) in [5.74, 6) is -1.66. The highest BCUT2D eigenvalue weighted by Gasteiger charge is 2.27. The van der Waals surface area contributed by atoms with E-state index in [1.54, 1.807) is 38.1 Å². The van der Waals surface area contributed by atoms with E-state index in [9.17, 15) is 23.3 Å². The zero-order valence-corrected chi connectivity index (χ0v) is 14.9. The molecule has 2 aromatic carbocycles. The van der Waals surface area contributed by atoms with E-state index in [1.165, 1.54) is 24.3 Å². The highest BCUT2D eigenvalue weighted by Crippen LogP contribution is 2.24. The van der Waals surface area contributed by atoms with Crippen LogP contribution in [0.2, 0.25) is 0 Å². The summed E-state index contributed by atoms with van der Waals surface area (Å²) in [4.78, 5) is 21.3. The van der Waals surface area contributed by atoms with Crippen LogP contribution >= 0.6 is 0 Å². The Balaban J connectivity index is 2.25. The van der Waals surface area contributed by atoms with Crippen molar-refractivity contribution in [2.45, 2.75) is 24.8 Å². The zero-order chi connectivity index (χ0) is 19.5. The number of rotatable bonds is 7. The Hall–Kier alpha value is -2.78. The Morgan fingerprint density at radius 3 is 1.88 bits per heavy atom. The second-order valence-corrected chi connectivity index (χ2v) is 7.72. The summed E-state index contributed by atoms with van der Waals surface area (Å²) in [6.45, 7) is 3.22. The molecule has 0 aliphatic carbocycles. The van der Waals surface area contributed by atoms with Gasteiger partial charge in [0.1, 0.15) is 6.04 Å². The van der Waals surface area contributed by atoms with Gasteiger partial charge in [-0.25, -0.2) is 8.42 Å². The Kier molecular flexibility index (Phi) is 5.73. The molecule has 8 nitrogen and oxygen atoms in total. The van der Waals surface area contributed by atoms with Gasteiger partial charge in [-0.05, 0) is 41.3 Å². The van der Waals surface area contributed by atoms with Gasteiger partial charge in [-0.15, -0.1) is 0 Å². The zero-order valence-electron chi connectivity index (χ0n) is 14.1. The van der Waals surface area contributed by atoms with Crippen molar-refractivity contribution >= 4 is 21.7 Å². The topological polar surface area (TPSA) is 127 Å². The minimum Gasteiger partial charge on any atom is -0.480 e. The number of non-ortho nitro benzene ring substituents is 1. The number of hydrogen-bond acceptors (Lipinski definition) is 5. The number of hydrogen-bond donors (Lipinski definition) is 2. The molecule has 0 bridgehead atoms. The number of nitrogens with zero attached hydrogens (tertiary/aromatic N) is 1. The van der Waals surface area contributed by atoms with Crippen molar-refractivity contribution in [3.05, 3.63) is 58.6 Å². The van der Waals surface area contributed by atoms with E-state index in [1.807, 2.05) is 0 Å². The second kappa shape index (κ2) is 7.63. The SMILES string of the molecule is CC(C)[C@@H](NS(=O)(=O)c1ccc(-c2ccc([N+](=O)[O-])cc2)cc1)C(=O)O. The van der Waals surface area contributed by atoms with Crippen molar-refractivity contribution in [1.82, 2.24) is 4.72 Å². The lowest BCUT2D eigenvalue weighted by Gasteiger charge is -2.18. The third-order valence-corrected chi connectivity index (χ3v) is 5.25. The van der Waals surface area contributed by atoms with Gasteiger partial charge in [-0.2, -0.15) is 4.72 Å². The summed E-state index contributed by atoms with van der Waals surface area (Å²) in [5.41, 5.74) is 1.33. The molecule has 2 aromatic rings. The van der Waals surface area contributed by atoms with Crippen LogP contribution < -0.4 is 4.72 Å². The quantitative estimate of drug-likeness (QED) is 0.563. The molecule has 26 heavy (non-hydrogen) atoms. The predicted molar refractivity (Wildman–Crippen MR) is 95.1 cm³/mol. The largest absolute Gasteiger partial charge is 0.480 e. The van der Waals surface area contributed by atoms with Crippen molar-refractivity contribution in [2.24, 2.45) is 5.92 Å². The van der Waals surface area contributed by atoms with Gasteiger partial charge in [0.15, 0.2) is 0 Å². The van der Waals surface area contributed by atoms with Gasteiger partial charge < -0.3 is 5.11 Å². The minimum absolute atomic E-state index is 0.0365. The Morgan fingerprint density at radius 1 is 1.04 bits per heavy atom. The Labute approximate surface area is 150 Å². The van der Waals surface area contributed by atoms with Crippen LogP contribution in [0.15, 0.2) is 53.4 Å². The van der Waals surface area contributed by atoms with Gasteiger partial charge >= 0.3 is 5.97 Å². The third kappa shape index (κ3) is 4.44. The lowest BCUT2D eigenvalue weighted by Crippen LogP contribution is -2.44. The van der Waals surface area contributed by atoms with Gasteiger partial charge in [0, 0.05) is 12.1 Å². The molecule has 0 unspecified atom stereocenters. The van der Waals surface area contributed by atoms with Crippen LogP contribution in [0.5, 0.6) is 0 Å². The minimum atomic E-state index is -3.99. The standard InChI is InChI=1S/C17H18N2O6S/c1-11(2)16(17(20)21)18-26(24,25)15-9-5-13(6-10-15)12-3-7-14(8-4-12)19(22)23/h3-11,16,18H,1-2H3,(H,20,21)/t16-/m1/s1. The van der Waals surface area contributed by atoms with Crippen molar-refractivity contribution in [3.8, 4) is 11.1 Å². The average Bonchev–Trinajstić information content (AvgIpc) is 2.59. The number of sulfonamides is 1. The van der Waals surface area contributed by atoms with Crippen LogP contribution in [-0.2, 0) is 14.8 Å². The number of nitro benzene ring substituents is 1. The highest BCUT2D eigenvalue weighted by molar-refractivity contribution is 7.89.